The van der Waals surface area contributed by atoms with Gasteiger partial charge in [-0.15, -0.1) is 0 Å². The second kappa shape index (κ2) is 6.35. The van der Waals surface area contributed by atoms with Crippen molar-refractivity contribution in [2.24, 2.45) is 0 Å². The van der Waals surface area contributed by atoms with Crippen LogP contribution in [-0.2, 0) is 4.84 Å². The molecule has 1 aliphatic heterocycles. The molecule has 0 bridgehead atoms. The van der Waals surface area contributed by atoms with E-state index in [-0.39, 0.29) is 0 Å². The van der Waals surface area contributed by atoms with Gasteiger partial charge >= 0.3 is 0 Å². The second-order valence-electron chi connectivity index (χ2n) is 3.55. The lowest BCUT2D eigenvalue weighted by Gasteiger charge is -2.28. The molecule has 1 saturated heterocycles. The largest absolute Gasteiger partial charge is 0.313 e. The van der Waals surface area contributed by atoms with Crippen LogP contribution in [0.5, 0.6) is 0 Å². The first-order chi connectivity index (χ1) is 6.36. The van der Waals surface area contributed by atoms with E-state index in [1.807, 2.05) is 6.92 Å². The summed E-state index contributed by atoms with van der Waals surface area (Å²) in [4.78, 5) is 5.49. The van der Waals surface area contributed by atoms with Crippen molar-refractivity contribution in [3.05, 3.63) is 0 Å². The molecule has 0 aromatic heterocycles. The van der Waals surface area contributed by atoms with E-state index >= 15 is 0 Å². The third kappa shape index (κ3) is 4.07. The van der Waals surface area contributed by atoms with E-state index in [1.54, 1.807) is 0 Å². The molecule has 0 aromatic rings. The van der Waals surface area contributed by atoms with Gasteiger partial charge in [-0.2, -0.15) is 5.06 Å². The number of nitrogens with one attached hydrogen (secondary N) is 1. The fraction of sp³-hybridized carbons (Fsp3) is 1.00. The van der Waals surface area contributed by atoms with Crippen LogP contribution in [0.25, 0.3) is 0 Å². The van der Waals surface area contributed by atoms with Crippen LogP contribution in [0, 0.1) is 0 Å². The van der Waals surface area contributed by atoms with Gasteiger partial charge in [-0.05, 0) is 26.3 Å². The fourth-order valence-electron chi connectivity index (χ4n) is 1.78. The zero-order valence-corrected chi connectivity index (χ0v) is 8.88. The smallest absolute Gasteiger partial charge is 0.0656 e. The zero-order chi connectivity index (χ0) is 9.52. The lowest BCUT2D eigenvalue weighted by atomic mass is 10.1. The Morgan fingerprint density at radius 1 is 1.38 bits per heavy atom. The molecular formula is C10H22N2O. The molecule has 3 nitrogen and oxygen atoms in total. The highest BCUT2D eigenvalue weighted by Gasteiger charge is 2.15. The van der Waals surface area contributed by atoms with E-state index in [9.17, 15) is 0 Å². The summed E-state index contributed by atoms with van der Waals surface area (Å²) in [5.74, 6) is 0. The van der Waals surface area contributed by atoms with Gasteiger partial charge in [-0.25, -0.2) is 0 Å². The number of hydroxylamine groups is 2. The summed E-state index contributed by atoms with van der Waals surface area (Å²) in [6.45, 7) is 8.14. The van der Waals surface area contributed by atoms with Gasteiger partial charge in [-0.3, -0.25) is 4.84 Å². The van der Waals surface area contributed by atoms with Crippen LogP contribution in [0.3, 0.4) is 0 Å². The standard InChI is InChI=1S/C10H22N2O/c1-3-12(13-4-2)9-10-7-5-6-8-11-10/h10-11H,3-9H2,1-2H3/t10-/m0/s1. The molecule has 13 heavy (non-hydrogen) atoms. The van der Waals surface area contributed by atoms with E-state index in [2.05, 4.69) is 17.3 Å². The molecule has 0 aromatic carbocycles. The minimum atomic E-state index is 0.639. The quantitative estimate of drug-likeness (QED) is 0.657. The maximum absolute atomic E-state index is 5.49. The van der Waals surface area contributed by atoms with E-state index in [1.165, 1.54) is 25.8 Å². The zero-order valence-electron chi connectivity index (χ0n) is 8.88. The molecule has 1 aliphatic rings. The molecule has 1 N–H and O–H groups in total. The predicted octanol–water partition coefficient (Wildman–Crippen LogP) is 1.40. The van der Waals surface area contributed by atoms with Crippen LogP contribution in [0.1, 0.15) is 33.1 Å². The molecule has 1 atom stereocenters. The van der Waals surface area contributed by atoms with Crippen molar-refractivity contribution in [1.29, 1.82) is 0 Å². The molecule has 0 spiro atoms. The summed E-state index contributed by atoms with van der Waals surface area (Å²) in [5.41, 5.74) is 0. The summed E-state index contributed by atoms with van der Waals surface area (Å²) in [7, 11) is 0. The Morgan fingerprint density at radius 3 is 2.77 bits per heavy atom. The lowest BCUT2D eigenvalue weighted by Crippen LogP contribution is -2.43. The highest BCUT2D eigenvalue weighted by Crippen LogP contribution is 2.08. The van der Waals surface area contributed by atoms with Gasteiger partial charge in [-0.1, -0.05) is 13.3 Å². The van der Waals surface area contributed by atoms with E-state index in [0.717, 1.165) is 19.7 Å². The third-order valence-electron chi connectivity index (χ3n) is 2.50. The summed E-state index contributed by atoms with van der Waals surface area (Å²) >= 11 is 0. The normalized spacial score (nSPS) is 23.8. The number of hydrogen-bond donors (Lipinski definition) is 1. The minimum Gasteiger partial charge on any atom is -0.313 e. The summed E-state index contributed by atoms with van der Waals surface area (Å²) in [5, 5.41) is 5.58. The van der Waals surface area contributed by atoms with Crippen LogP contribution in [0.2, 0.25) is 0 Å². The molecule has 0 saturated carbocycles. The molecule has 78 valence electrons. The molecule has 1 rings (SSSR count). The van der Waals surface area contributed by atoms with Gasteiger partial charge in [0.25, 0.3) is 0 Å². The number of likely N-dealkylation sites (N-methyl/N-ethyl adjacent to an activating group) is 1. The maximum atomic E-state index is 5.49. The third-order valence-corrected chi connectivity index (χ3v) is 2.50. The highest BCUT2D eigenvalue weighted by atomic mass is 16.7. The van der Waals surface area contributed by atoms with E-state index < -0.39 is 0 Å². The van der Waals surface area contributed by atoms with Crippen LogP contribution in [-0.4, -0.2) is 37.3 Å². The topological polar surface area (TPSA) is 24.5 Å². The summed E-state index contributed by atoms with van der Waals surface area (Å²) in [6, 6.07) is 0.639. The first kappa shape index (κ1) is 11.0. The Kier molecular flexibility index (Phi) is 5.35. The second-order valence-corrected chi connectivity index (χ2v) is 3.55. The van der Waals surface area contributed by atoms with Gasteiger partial charge in [0.2, 0.25) is 0 Å². The molecular weight excluding hydrogens is 164 g/mol. The Balaban J connectivity index is 2.18. The van der Waals surface area contributed by atoms with Gasteiger partial charge < -0.3 is 5.32 Å². The van der Waals surface area contributed by atoms with Crippen molar-refractivity contribution in [1.82, 2.24) is 10.4 Å². The SMILES string of the molecule is CCON(CC)C[C@@H]1CCCCN1. The minimum absolute atomic E-state index is 0.639. The molecule has 1 fully saturated rings. The number of nitrogens with zero attached hydrogens (tertiary/aromatic N) is 1. The van der Waals surface area contributed by atoms with Crippen molar-refractivity contribution in [2.75, 3.05) is 26.2 Å². The summed E-state index contributed by atoms with van der Waals surface area (Å²) < 4.78 is 0. The number of piperidine rings is 1. The van der Waals surface area contributed by atoms with Crippen LogP contribution < -0.4 is 5.32 Å². The molecule has 0 unspecified atom stereocenters. The first-order valence-electron chi connectivity index (χ1n) is 5.48. The molecule has 0 radical (unpaired) electrons. The first-order valence-corrected chi connectivity index (χ1v) is 5.48. The Bertz CT molecular complexity index is 121. The van der Waals surface area contributed by atoms with Crippen molar-refractivity contribution in [2.45, 2.75) is 39.2 Å². The Labute approximate surface area is 81.4 Å². The maximum Gasteiger partial charge on any atom is 0.0656 e. The summed E-state index contributed by atoms with van der Waals surface area (Å²) in [6.07, 6.45) is 3.99. The monoisotopic (exact) mass is 186 g/mol. The van der Waals surface area contributed by atoms with E-state index in [0.29, 0.717) is 6.04 Å². The van der Waals surface area contributed by atoms with Crippen LogP contribution in [0.4, 0.5) is 0 Å². The van der Waals surface area contributed by atoms with Crippen LogP contribution in [0.15, 0.2) is 0 Å². The number of hydrogen-bond acceptors (Lipinski definition) is 3. The highest BCUT2D eigenvalue weighted by molar-refractivity contribution is 4.73. The average molecular weight is 186 g/mol. The average Bonchev–Trinajstić information content (AvgIpc) is 2.19. The van der Waals surface area contributed by atoms with Crippen LogP contribution >= 0.6 is 0 Å². The van der Waals surface area contributed by atoms with Crippen molar-refractivity contribution in [3.8, 4) is 0 Å². The Morgan fingerprint density at radius 2 is 2.23 bits per heavy atom. The molecule has 0 amide bonds. The molecule has 0 aliphatic carbocycles. The predicted molar refractivity (Wildman–Crippen MR) is 54.5 cm³/mol. The van der Waals surface area contributed by atoms with Gasteiger partial charge in [0.1, 0.15) is 0 Å². The van der Waals surface area contributed by atoms with E-state index in [4.69, 9.17) is 4.84 Å². The van der Waals surface area contributed by atoms with Crippen molar-refractivity contribution in [3.63, 3.8) is 0 Å². The van der Waals surface area contributed by atoms with Crippen molar-refractivity contribution < 1.29 is 4.84 Å². The Hall–Kier alpha value is -0.120. The number of rotatable bonds is 5. The molecule has 1 heterocycles. The molecule has 3 heteroatoms. The van der Waals surface area contributed by atoms with Crippen molar-refractivity contribution >= 4 is 0 Å². The lowest BCUT2D eigenvalue weighted by molar-refractivity contribution is -0.156. The van der Waals surface area contributed by atoms with Gasteiger partial charge in [0, 0.05) is 19.1 Å². The van der Waals surface area contributed by atoms with Gasteiger partial charge in [0.05, 0.1) is 6.61 Å². The van der Waals surface area contributed by atoms with Gasteiger partial charge in [0.15, 0.2) is 0 Å². The fourth-order valence-corrected chi connectivity index (χ4v) is 1.78.